The van der Waals surface area contributed by atoms with E-state index in [0.717, 1.165) is 30.6 Å². The molecule has 0 aliphatic heterocycles. The Labute approximate surface area is 112 Å². The van der Waals surface area contributed by atoms with Crippen LogP contribution in [0.5, 0.6) is 0 Å². The standard InChI is InChI=1S/C15H18N2O2/c1-9-7-13(9)15(19)17-12-4-2-3-11(8-12)16-14(18)10-5-6-10/h2-4,8-10,13H,5-7H2,1H3,(H,16,18)(H,17,19)/t9-,13-/m1/s1. The van der Waals surface area contributed by atoms with Crippen LogP contribution in [0.15, 0.2) is 24.3 Å². The van der Waals surface area contributed by atoms with Crippen LogP contribution in [0.1, 0.15) is 26.2 Å². The van der Waals surface area contributed by atoms with Gasteiger partial charge in [-0.05, 0) is 43.4 Å². The summed E-state index contributed by atoms with van der Waals surface area (Å²) >= 11 is 0. The van der Waals surface area contributed by atoms with Crippen LogP contribution >= 0.6 is 0 Å². The van der Waals surface area contributed by atoms with Crippen molar-refractivity contribution < 1.29 is 9.59 Å². The molecule has 4 heteroatoms. The fraction of sp³-hybridized carbons (Fsp3) is 0.467. The molecule has 1 aromatic carbocycles. The van der Waals surface area contributed by atoms with Crippen LogP contribution in [0.2, 0.25) is 0 Å². The summed E-state index contributed by atoms with van der Waals surface area (Å²) < 4.78 is 0. The maximum atomic E-state index is 11.8. The third-order valence-corrected chi connectivity index (χ3v) is 3.79. The molecule has 19 heavy (non-hydrogen) atoms. The van der Waals surface area contributed by atoms with E-state index in [-0.39, 0.29) is 23.7 Å². The first-order valence-corrected chi connectivity index (χ1v) is 6.85. The highest BCUT2D eigenvalue weighted by atomic mass is 16.2. The fourth-order valence-corrected chi connectivity index (χ4v) is 2.19. The van der Waals surface area contributed by atoms with Gasteiger partial charge in [-0.1, -0.05) is 13.0 Å². The molecule has 100 valence electrons. The van der Waals surface area contributed by atoms with Crippen LogP contribution in [-0.2, 0) is 9.59 Å². The first-order chi connectivity index (χ1) is 9.13. The minimum Gasteiger partial charge on any atom is -0.326 e. The molecule has 3 rings (SSSR count). The van der Waals surface area contributed by atoms with E-state index in [1.807, 2.05) is 24.3 Å². The number of carbonyl (C=O) groups excluding carboxylic acids is 2. The number of hydrogen-bond donors (Lipinski definition) is 2. The van der Waals surface area contributed by atoms with Crippen molar-refractivity contribution in [2.24, 2.45) is 17.8 Å². The predicted molar refractivity (Wildman–Crippen MR) is 73.7 cm³/mol. The Hall–Kier alpha value is -1.84. The Morgan fingerprint density at radius 3 is 2.21 bits per heavy atom. The van der Waals surface area contributed by atoms with Crippen LogP contribution in [0.25, 0.3) is 0 Å². The fourth-order valence-electron chi connectivity index (χ4n) is 2.19. The smallest absolute Gasteiger partial charge is 0.227 e. The van der Waals surface area contributed by atoms with Crippen molar-refractivity contribution in [3.8, 4) is 0 Å². The molecule has 2 aliphatic rings. The molecule has 2 atom stereocenters. The van der Waals surface area contributed by atoms with Crippen molar-refractivity contribution in [3.05, 3.63) is 24.3 Å². The first kappa shape index (κ1) is 12.2. The molecule has 0 heterocycles. The van der Waals surface area contributed by atoms with Crippen molar-refractivity contribution >= 4 is 23.2 Å². The summed E-state index contributed by atoms with van der Waals surface area (Å²) in [7, 11) is 0. The van der Waals surface area contributed by atoms with E-state index in [1.165, 1.54) is 0 Å². The number of anilines is 2. The van der Waals surface area contributed by atoms with Crippen LogP contribution in [0.4, 0.5) is 11.4 Å². The van der Waals surface area contributed by atoms with Crippen LogP contribution in [0, 0.1) is 17.8 Å². The average molecular weight is 258 g/mol. The molecular formula is C15H18N2O2. The molecule has 2 fully saturated rings. The number of nitrogens with one attached hydrogen (secondary N) is 2. The van der Waals surface area contributed by atoms with E-state index in [9.17, 15) is 9.59 Å². The molecule has 2 saturated carbocycles. The highest BCUT2D eigenvalue weighted by molar-refractivity contribution is 5.97. The van der Waals surface area contributed by atoms with Crippen LogP contribution in [-0.4, -0.2) is 11.8 Å². The molecule has 0 aromatic heterocycles. The van der Waals surface area contributed by atoms with Gasteiger partial charge in [-0.2, -0.15) is 0 Å². The molecular weight excluding hydrogens is 240 g/mol. The summed E-state index contributed by atoms with van der Waals surface area (Å²) in [4.78, 5) is 23.5. The third-order valence-electron chi connectivity index (χ3n) is 3.79. The van der Waals surface area contributed by atoms with E-state index in [0.29, 0.717) is 5.92 Å². The zero-order valence-corrected chi connectivity index (χ0v) is 11.0. The van der Waals surface area contributed by atoms with Gasteiger partial charge >= 0.3 is 0 Å². The Kier molecular flexibility index (Phi) is 3.01. The number of hydrogen-bond acceptors (Lipinski definition) is 2. The van der Waals surface area contributed by atoms with Crippen molar-refractivity contribution in [2.45, 2.75) is 26.2 Å². The Bertz CT molecular complexity index is 523. The first-order valence-electron chi connectivity index (χ1n) is 6.85. The third kappa shape index (κ3) is 2.95. The zero-order valence-electron chi connectivity index (χ0n) is 11.0. The normalized spacial score (nSPS) is 24.7. The van der Waals surface area contributed by atoms with Gasteiger partial charge in [-0.15, -0.1) is 0 Å². The van der Waals surface area contributed by atoms with Crippen molar-refractivity contribution in [1.29, 1.82) is 0 Å². The van der Waals surface area contributed by atoms with E-state index >= 15 is 0 Å². The van der Waals surface area contributed by atoms with Crippen molar-refractivity contribution in [1.82, 2.24) is 0 Å². The van der Waals surface area contributed by atoms with Gasteiger partial charge in [0.25, 0.3) is 0 Å². The summed E-state index contributed by atoms with van der Waals surface area (Å²) in [6.45, 7) is 2.08. The Morgan fingerprint density at radius 1 is 1.11 bits per heavy atom. The molecule has 0 spiro atoms. The second kappa shape index (κ2) is 4.68. The van der Waals surface area contributed by atoms with E-state index in [2.05, 4.69) is 17.6 Å². The lowest BCUT2D eigenvalue weighted by molar-refractivity contribution is -0.118. The summed E-state index contributed by atoms with van der Waals surface area (Å²) in [5.74, 6) is 1.01. The summed E-state index contributed by atoms with van der Waals surface area (Å²) in [6.07, 6.45) is 2.95. The lowest BCUT2D eigenvalue weighted by Gasteiger charge is -2.08. The zero-order chi connectivity index (χ0) is 13.4. The molecule has 2 N–H and O–H groups in total. The van der Waals surface area contributed by atoms with Gasteiger partial charge in [0.1, 0.15) is 0 Å². The highest BCUT2D eigenvalue weighted by Gasteiger charge is 2.39. The minimum atomic E-state index is 0.0816. The molecule has 0 bridgehead atoms. The monoisotopic (exact) mass is 258 g/mol. The largest absolute Gasteiger partial charge is 0.326 e. The summed E-state index contributed by atoms with van der Waals surface area (Å²) in [5.41, 5.74) is 1.50. The maximum Gasteiger partial charge on any atom is 0.227 e. The SMILES string of the molecule is C[C@@H]1C[C@H]1C(=O)Nc1cccc(NC(=O)C2CC2)c1. The van der Waals surface area contributed by atoms with Gasteiger partial charge < -0.3 is 10.6 Å². The molecule has 0 unspecified atom stereocenters. The molecule has 2 aliphatic carbocycles. The average Bonchev–Trinajstić information content (AvgIpc) is 3.23. The van der Waals surface area contributed by atoms with Gasteiger partial charge in [-0.25, -0.2) is 0 Å². The maximum absolute atomic E-state index is 11.8. The predicted octanol–water partition coefficient (Wildman–Crippen LogP) is 2.63. The van der Waals surface area contributed by atoms with Gasteiger partial charge in [-0.3, -0.25) is 9.59 Å². The van der Waals surface area contributed by atoms with Gasteiger partial charge in [0.2, 0.25) is 11.8 Å². The molecule has 2 amide bonds. The van der Waals surface area contributed by atoms with E-state index < -0.39 is 0 Å². The molecule has 1 aromatic rings. The minimum absolute atomic E-state index is 0.0816. The van der Waals surface area contributed by atoms with E-state index in [1.54, 1.807) is 0 Å². The van der Waals surface area contributed by atoms with Crippen LogP contribution in [0.3, 0.4) is 0 Å². The van der Waals surface area contributed by atoms with Crippen molar-refractivity contribution in [3.63, 3.8) is 0 Å². The highest BCUT2D eigenvalue weighted by Crippen LogP contribution is 2.38. The summed E-state index contributed by atoms with van der Waals surface area (Å²) in [6, 6.07) is 7.34. The molecule has 0 radical (unpaired) electrons. The number of amides is 2. The number of carbonyl (C=O) groups is 2. The van der Waals surface area contributed by atoms with Gasteiger partial charge in [0.15, 0.2) is 0 Å². The Balaban J connectivity index is 1.62. The second-order valence-corrected chi connectivity index (χ2v) is 5.65. The molecule has 4 nitrogen and oxygen atoms in total. The van der Waals surface area contributed by atoms with Crippen LogP contribution < -0.4 is 10.6 Å². The summed E-state index contributed by atoms with van der Waals surface area (Å²) in [5, 5.41) is 5.78. The van der Waals surface area contributed by atoms with Crippen molar-refractivity contribution in [2.75, 3.05) is 10.6 Å². The topological polar surface area (TPSA) is 58.2 Å². The lowest BCUT2D eigenvalue weighted by atomic mass is 10.2. The van der Waals surface area contributed by atoms with Gasteiger partial charge in [0.05, 0.1) is 0 Å². The quantitative estimate of drug-likeness (QED) is 0.872. The molecule has 0 saturated heterocycles. The van der Waals surface area contributed by atoms with Gasteiger partial charge in [0, 0.05) is 23.2 Å². The second-order valence-electron chi connectivity index (χ2n) is 5.65. The Morgan fingerprint density at radius 2 is 1.68 bits per heavy atom. The number of benzene rings is 1. The lowest BCUT2D eigenvalue weighted by Crippen LogP contribution is -2.16. The van der Waals surface area contributed by atoms with E-state index in [4.69, 9.17) is 0 Å². The number of rotatable bonds is 4.